The van der Waals surface area contributed by atoms with Crippen LogP contribution in [0.1, 0.15) is 26.3 Å². The summed E-state index contributed by atoms with van der Waals surface area (Å²) in [7, 11) is -4.16. The van der Waals surface area contributed by atoms with Gasteiger partial charge in [0.1, 0.15) is 18.3 Å². The number of hydrogen-bond acceptors (Lipinski definition) is 5. The van der Waals surface area contributed by atoms with Crippen molar-refractivity contribution in [2.75, 3.05) is 30.5 Å². The van der Waals surface area contributed by atoms with Crippen molar-refractivity contribution >= 4 is 39.1 Å². The van der Waals surface area contributed by atoms with Gasteiger partial charge in [0.15, 0.2) is 0 Å². The van der Waals surface area contributed by atoms with Crippen LogP contribution in [-0.2, 0) is 26.0 Å². The third-order valence-electron chi connectivity index (χ3n) is 6.12. The van der Waals surface area contributed by atoms with Gasteiger partial charge in [0.25, 0.3) is 10.0 Å². The van der Waals surface area contributed by atoms with Gasteiger partial charge in [-0.1, -0.05) is 41.9 Å². The lowest BCUT2D eigenvalue weighted by molar-refractivity contribution is -0.138. The fourth-order valence-electron chi connectivity index (χ4n) is 4.03. The molecule has 3 rings (SSSR count). The van der Waals surface area contributed by atoms with Crippen molar-refractivity contribution < 1.29 is 22.7 Å². The molecule has 2 amide bonds. The molecule has 0 saturated heterocycles. The van der Waals surface area contributed by atoms with Crippen molar-refractivity contribution in [3.63, 3.8) is 0 Å². The van der Waals surface area contributed by atoms with Gasteiger partial charge >= 0.3 is 0 Å². The molecule has 0 spiro atoms. The summed E-state index contributed by atoms with van der Waals surface area (Å²) in [6.07, 6.45) is 0.503. The first-order valence-electron chi connectivity index (χ1n) is 12.8. The van der Waals surface area contributed by atoms with Gasteiger partial charge in [0.2, 0.25) is 11.8 Å². The van der Waals surface area contributed by atoms with Gasteiger partial charge in [-0.15, -0.1) is 0 Å². The number of sulfonamides is 1. The van der Waals surface area contributed by atoms with Crippen LogP contribution in [0.25, 0.3) is 0 Å². The fraction of sp³-hybridized carbons (Fsp3) is 0.310. The summed E-state index contributed by atoms with van der Waals surface area (Å²) in [5, 5.41) is 3.14. The topological polar surface area (TPSA) is 96.0 Å². The lowest BCUT2D eigenvalue weighted by Crippen LogP contribution is -2.52. The minimum Gasteiger partial charge on any atom is -0.494 e. The number of carbonyl (C=O) groups excluding carboxylic acids is 2. The van der Waals surface area contributed by atoms with E-state index in [-0.39, 0.29) is 23.0 Å². The standard InChI is InChI=1S/C29H34ClN3O5S/c1-4-31-29(35)22(3)32(20-19-23-9-7-6-8-10-23)28(34)21-33(25-13-15-26(16-14-25)38-5-2)39(36,37)27-17-11-24(30)12-18-27/h6-18,22H,4-5,19-21H2,1-3H3,(H,31,35). The molecule has 208 valence electrons. The number of carbonyl (C=O) groups is 2. The number of nitrogens with zero attached hydrogens (tertiary/aromatic N) is 2. The van der Waals surface area contributed by atoms with Crippen molar-refractivity contribution in [3.05, 3.63) is 89.4 Å². The predicted molar refractivity (Wildman–Crippen MR) is 154 cm³/mol. The number of rotatable bonds is 13. The highest BCUT2D eigenvalue weighted by molar-refractivity contribution is 7.92. The Hall–Kier alpha value is -3.56. The van der Waals surface area contributed by atoms with Gasteiger partial charge in [-0.25, -0.2) is 8.42 Å². The van der Waals surface area contributed by atoms with E-state index in [4.69, 9.17) is 16.3 Å². The third-order valence-corrected chi connectivity index (χ3v) is 8.16. The average Bonchev–Trinajstić information content (AvgIpc) is 2.93. The highest BCUT2D eigenvalue weighted by Gasteiger charge is 2.32. The molecule has 0 aliphatic carbocycles. The number of benzene rings is 3. The van der Waals surface area contributed by atoms with Crippen molar-refractivity contribution in [1.82, 2.24) is 10.2 Å². The van der Waals surface area contributed by atoms with Gasteiger partial charge < -0.3 is 15.0 Å². The lowest BCUT2D eigenvalue weighted by Gasteiger charge is -2.32. The number of amides is 2. The second-order valence-corrected chi connectivity index (χ2v) is 11.1. The quantitative estimate of drug-likeness (QED) is 0.325. The van der Waals surface area contributed by atoms with Crippen LogP contribution in [-0.4, -0.2) is 57.4 Å². The van der Waals surface area contributed by atoms with Crippen LogP contribution in [0.2, 0.25) is 5.02 Å². The van der Waals surface area contributed by atoms with E-state index in [1.54, 1.807) is 38.1 Å². The highest BCUT2D eigenvalue weighted by atomic mass is 35.5. The van der Waals surface area contributed by atoms with Gasteiger partial charge in [0.05, 0.1) is 17.2 Å². The maximum atomic E-state index is 13.8. The smallest absolute Gasteiger partial charge is 0.264 e. The summed E-state index contributed by atoms with van der Waals surface area (Å²) < 4.78 is 34.1. The molecule has 3 aromatic carbocycles. The van der Waals surface area contributed by atoms with Crippen LogP contribution in [0.3, 0.4) is 0 Å². The summed E-state index contributed by atoms with van der Waals surface area (Å²) in [4.78, 5) is 28.0. The lowest BCUT2D eigenvalue weighted by atomic mass is 10.1. The summed E-state index contributed by atoms with van der Waals surface area (Å²) >= 11 is 5.99. The average molecular weight is 572 g/mol. The minimum atomic E-state index is -4.16. The number of halogens is 1. The van der Waals surface area contributed by atoms with Crippen molar-refractivity contribution in [1.29, 1.82) is 0 Å². The van der Waals surface area contributed by atoms with E-state index in [2.05, 4.69) is 5.32 Å². The first-order chi connectivity index (χ1) is 18.7. The van der Waals surface area contributed by atoms with Gasteiger partial charge in [-0.05, 0) is 81.3 Å². The van der Waals surface area contributed by atoms with E-state index in [1.807, 2.05) is 37.3 Å². The van der Waals surface area contributed by atoms with E-state index < -0.39 is 28.5 Å². The Balaban J connectivity index is 1.97. The van der Waals surface area contributed by atoms with E-state index in [0.717, 1.165) is 9.87 Å². The molecule has 0 aliphatic rings. The Kier molecular flexibility index (Phi) is 10.8. The van der Waals surface area contributed by atoms with Crippen molar-refractivity contribution in [2.45, 2.75) is 38.1 Å². The Labute approximate surface area is 235 Å². The minimum absolute atomic E-state index is 0.0128. The molecule has 1 unspecified atom stereocenters. The summed E-state index contributed by atoms with van der Waals surface area (Å²) in [6, 6.07) is 21.0. The Morgan fingerprint density at radius 1 is 0.949 bits per heavy atom. The predicted octanol–water partition coefficient (Wildman–Crippen LogP) is 4.53. The molecule has 3 aromatic rings. The molecule has 10 heteroatoms. The summed E-state index contributed by atoms with van der Waals surface area (Å²) in [5.41, 5.74) is 1.28. The van der Waals surface area contributed by atoms with E-state index in [0.29, 0.717) is 30.3 Å². The zero-order valence-corrected chi connectivity index (χ0v) is 23.9. The molecule has 0 fully saturated rings. The molecule has 0 saturated carbocycles. The molecule has 0 bridgehead atoms. The van der Waals surface area contributed by atoms with Crippen LogP contribution < -0.4 is 14.4 Å². The van der Waals surface area contributed by atoms with Gasteiger partial charge in [0, 0.05) is 18.1 Å². The Morgan fingerprint density at radius 2 is 1.59 bits per heavy atom. The number of nitrogens with one attached hydrogen (secondary N) is 1. The zero-order valence-electron chi connectivity index (χ0n) is 22.3. The SMILES string of the molecule is CCNC(=O)C(C)N(CCc1ccccc1)C(=O)CN(c1ccc(OCC)cc1)S(=O)(=O)c1ccc(Cl)cc1. The van der Waals surface area contributed by atoms with E-state index in [1.165, 1.54) is 29.2 Å². The first kappa shape index (κ1) is 30.0. The molecule has 39 heavy (non-hydrogen) atoms. The third kappa shape index (κ3) is 7.97. The largest absolute Gasteiger partial charge is 0.494 e. The molecule has 0 aromatic heterocycles. The summed E-state index contributed by atoms with van der Waals surface area (Å²) in [5.74, 6) is -0.242. The van der Waals surface area contributed by atoms with E-state index in [9.17, 15) is 18.0 Å². The maximum absolute atomic E-state index is 13.8. The van der Waals surface area contributed by atoms with Crippen LogP contribution in [0.15, 0.2) is 83.8 Å². The summed E-state index contributed by atoms with van der Waals surface area (Å²) in [6.45, 7) is 5.89. The molecule has 1 atom stereocenters. The Morgan fingerprint density at radius 3 is 2.18 bits per heavy atom. The van der Waals surface area contributed by atoms with Crippen LogP contribution in [0, 0.1) is 0 Å². The van der Waals surface area contributed by atoms with Crippen LogP contribution >= 0.6 is 11.6 Å². The number of hydrogen-bond donors (Lipinski definition) is 1. The van der Waals surface area contributed by atoms with Gasteiger partial charge in [-0.2, -0.15) is 0 Å². The molecule has 8 nitrogen and oxygen atoms in total. The second kappa shape index (κ2) is 14.0. The molecule has 0 radical (unpaired) electrons. The Bertz CT molecular complexity index is 1330. The molecule has 0 heterocycles. The number of ether oxygens (including phenoxy) is 1. The first-order valence-corrected chi connectivity index (χ1v) is 14.6. The molecule has 1 N–H and O–H groups in total. The molecule has 0 aliphatic heterocycles. The molecular formula is C29H34ClN3O5S. The fourth-order valence-corrected chi connectivity index (χ4v) is 5.57. The normalized spacial score (nSPS) is 11.9. The van der Waals surface area contributed by atoms with Crippen molar-refractivity contribution in [2.24, 2.45) is 0 Å². The number of likely N-dealkylation sites (N-methyl/N-ethyl adjacent to an activating group) is 1. The van der Waals surface area contributed by atoms with E-state index >= 15 is 0 Å². The highest BCUT2D eigenvalue weighted by Crippen LogP contribution is 2.27. The maximum Gasteiger partial charge on any atom is 0.264 e. The van der Waals surface area contributed by atoms with Crippen LogP contribution in [0.4, 0.5) is 5.69 Å². The second-order valence-electron chi connectivity index (χ2n) is 8.79. The zero-order chi connectivity index (χ0) is 28.4. The number of anilines is 1. The van der Waals surface area contributed by atoms with Gasteiger partial charge in [-0.3, -0.25) is 13.9 Å². The van der Waals surface area contributed by atoms with Crippen LogP contribution in [0.5, 0.6) is 5.75 Å². The monoisotopic (exact) mass is 571 g/mol. The molecular weight excluding hydrogens is 538 g/mol. The van der Waals surface area contributed by atoms with Crippen molar-refractivity contribution in [3.8, 4) is 5.75 Å².